The normalized spacial score (nSPS) is 23.2. The molecule has 2 saturated heterocycles. The number of hydrogen-bond donors (Lipinski definition) is 0. The highest BCUT2D eigenvalue weighted by Crippen LogP contribution is 2.21. The van der Waals surface area contributed by atoms with E-state index in [-0.39, 0.29) is 12.5 Å². The quantitative estimate of drug-likeness (QED) is 0.808. The third-order valence-electron chi connectivity index (χ3n) is 5.81. The van der Waals surface area contributed by atoms with Gasteiger partial charge in [0.05, 0.1) is 0 Å². The Morgan fingerprint density at radius 3 is 2.46 bits per heavy atom. The Hall–Kier alpha value is -1.59. The molecule has 26 heavy (non-hydrogen) atoms. The number of ether oxygens (including phenoxy) is 1. The molecular formula is C21H33N3O2. The van der Waals surface area contributed by atoms with Crippen molar-refractivity contribution in [3.05, 3.63) is 29.8 Å². The van der Waals surface area contributed by atoms with Crippen LogP contribution in [-0.2, 0) is 4.79 Å². The lowest BCUT2D eigenvalue weighted by molar-refractivity contribution is -0.134. The summed E-state index contributed by atoms with van der Waals surface area (Å²) >= 11 is 0. The molecule has 0 radical (unpaired) electrons. The van der Waals surface area contributed by atoms with Gasteiger partial charge in [0.15, 0.2) is 6.61 Å². The Labute approximate surface area is 157 Å². The average molecular weight is 360 g/mol. The van der Waals surface area contributed by atoms with Gasteiger partial charge in [0.1, 0.15) is 5.75 Å². The number of benzene rings is 1. The van der Waals surface area contributed by atoms with Gasteiger partial charge in [0.25, 0.3) is 5.91 Å². The monoisotopic (exact) mass is 359 g/mol. The molecule has 2 aliphatic heterocycles. The predicted molar refractivity (Wildman–Crippen MR) is 105 cm³/mol. The van der Waals surface area contributed by atoms with E-state index < -0.39 is 0 Å². The third kappa shape index (κ3) is 5.21. The largest absolute Gasteiger partial charge is 0.484 e. The van der Waals surface area contributed by atoms with Crippen molar-refractivity contribution in [2.75, 3.05) is 52.9 Å². The van der Waals surface area contributed by atoms with Gasteiger partial charge in [0, 0.05) is 45.3 Å². The molecule has 2 aliphatic rings. The Kier molecular flexibility index (Phi) is 6.54. The summed E-state index contributed by atoms with van der Waals surface area (Å²) in [6.45, 7) is 10.9. The molecule has 0 saturated carbocycles. The standard InChI is InChI=1S/C21H33N3O2/c1-17-4-6-20(7-5-17)26-16-21(25)23-10-8-19(9-11-23)15-24-13-12-22(3)14-18(24)2/h4-7,18-19H,8-16H2,1-3H3/t18-/m0/s1. The Balaban J connectivity index is 1.39. The number of piperidine rings is 1. The minimum Gasteiger partial charge on any atom is -0.484 e. The van der Waals surface area contributed by atoms with E-state index >= 15 is 0 Å². The van der Waals surface area contributed by atoms with E-state index in [0.717, 1.165) is 44.8 Å². The zero-order chi connectivity index (χ0) is 18.5. The van der Waals surface area contributed by atoms with E-state index in [1.165, 1.54) is 18.7 Å². The molecule has 1 aromatic rings. The van der Waals surface area contributed by atoms with Gasteiger partial charge in [-0.05, 0) is 51.8 Å². The van der Waals surface area contributed by atoms with E-state index in [9.17, 15) is 4.79 Å². The number of rotatable bonds is 5. The van der Waals surface area contributed by atoms with Gasteiger partial charge in [-0.3, -0.25) is 9.69 Å². The summed E-state index contributed by atoms with van der Waals surface area (Å²) in [6, 6.07) is 8.49. The molecule has 5 nitrogen and oxygen atoms in total. The fourth-order valence-electron chi connectivity index (χ4n) is 4.02. The lowest BCUT2D eigenvalue weighted by atomic mass is 9.95. The molecule has 1 amide bonds. The minimum atomic E-state index is 0.108. The molecule has 5 heteroatoms. The number of amides is 1. The highest BCUT2D eigenvalue weighted by atomic mass is 16.5. The molecule has 0 bridgehead atoms. The van der Waals surface area contributed by atoms with Crippen LogP contribution in [0.2, 0.25) is 0 Å². The SMILES string of the molecule is Cc1ccc(OCC(=O)N2CCC(CN3CCN(C)C[C@@H]3C)CC2)cc1. The van der Waals surface area contributed by atoms with Gasteiger partial charge < -0.3 is 14.5 Å². The number of likely N-dealkylation sites (N-methyl/N-ethyl adjacent to an activating group) is 1. The zero-order valence-electron chi connectivity index (χ0n) is 16.5. The molecule has 3 rings (SSSR count). The van der Waals surface area contributed by atoms with Crippen molar-refractivity contribution in [1.29, 1.82) is 0 Å². The number of carbonyl (C=O) groups is 1. The van der Waals surface area contributed by atoms with Crippen LogP contribution >= 0.6 is 0 Å². The molecule has 1 atom stereocenters. The fourth-order valence-corrected chi connectivity index (χ4v) is 4.02. The van der Waals surface area contributed by atoms with E-state index in [1.807, 2.05) is 36.1 Å². The molecular weight excluding hydrogens is 326 g/mol. The van der Waals surface area contributed by atoms with Crippen LogP contribution in [0.1, 0.15) is 25.3 Å². The van der Waals surface area contributed by atoms with E-state index in [1.54, 1.807) is 0 Å². The number of likely N-dealkylation sites (tertiary alicyclic amines) is 1. The molecule has 2 heterocycles. The maximum Gasteiger partial charge on any atom is 0.260 e. The molecule has 1 aromatic carbocycles. The molecule has 0 unspecified atom stereocenters. The maximum atomic E-state index is 12.4. The Morgan fingerprint density at radius 2 is 1.81 bits per heavy atom. The highest BCUT2D eigenvalue weighted by Gasteiger charge is 2.28. The molecule has 0 aromatic heterocycles. The summed E-state index contributed by atoms with van der Waals surface area (Å²) in [5.41, 5.74) is 1.19. The third-order valence-corrected chi connectivity index (χ3v) is 5.81. The van der Waals surface area contributed by atoms with Gasteiger partial charge in [0.2, 0.25) is 0 Å². The predicted octanol–water partition coefficient (Wildman–Crippen LogP) is 2.25. The van der Waals surface area contributed by atoms with Gasteiger partial charge in [-0.1, -0.05) is 17.7 Å². The van der Waals surface area contributed by atoms with Gasteiger partial charge in [-0.15, -0.1) is 0 Å². The van der Waals surface area contributed by atoms with Crippen molar-refractivity contribution in [2.45, 2.75) is 32.7 Å². The van der Waals surface area contributed by atoms with Crippen LogP contribution in [0, 0.1) is 12.8 Å². The van der Waals surface area contributed by atoms with Gasteiger partial charge in [-0.2, -0.15) is 0 Å². The fraction of sp³-hybridized carbons (Fsp3) is 0.667. The van der Waals surface area contributed by atoms with Crippen LogP contribution in [0.5, 0.6) is 5.75 Å². The summed E-state index contributed by atoms with van der Waals surface area (Å²) in [7, 11) is 2.20. The molecule has 0 N–H and O–H groups in total. The number of nitrogens with zero attached hydrogens (tertiary/aromatic N) is 3. The van der Waals surface area contributed by atoms with Gasteiger partial charge in [-0.25, -0.2) is 0 Å². The smallest absolute Gasteiger partial charge is 0.260 e. The zero-order valence-corrected chi connectivity index (χ0v) is 16.5. The van der Waals surface area contributed by atoms with Crippen molar-refractivity contribution in [2.24, 2.45) is 5.92 Å². The summed E-state index contributed by atoms with van der Waals surface area (Å²) in [5, 5.41) is 0. The van der Waals surface area contributed by atoms with Crippen molar-refractivity contribution < 1.29 is 9.53 Å². The second kappa shape index (κ2) is 8.87. The lowest BCUT2D eigenvalue weighted by Crippen LogP contribution is -2.52. The van der Waals surface area contributed by atoms with Crippen LogP contribution in [0.4, 0.5) is 0 Å². The first-order chi connectivity index (χ1) is 12.5. The highest BCUT2D eigenvalue weighted by molar-refractivity contribution is 5.77. The summed E-state index contributed by atoms with van der Waals surface area (Å²) in [6.07, 6.45) is 2.21. The van der Waals surface area contributed by atoms with Crippen LogP contribution in [0.25, 0.3) is 0 Å². The van der Waals surface area contributed by atoms with Crippen LogP contribution in [0.3, 0.4) is 0 Å². The Bertz CT molecular complexity index is 581. The second-order valence-corrected chi connectivity index (χ2v) is 8.03. The first-order valence-electron chi connectivity index (χ1n) is 9.91. The van der Waals surface area contributed by atoms with Crippen LogP contribution < -0.4 is 4.74 Å². The average Bonchev–Trinajstić information content (AvgIpc) is 2.64. The number of hydrogen-bond acceptors (Lipinski definition) is 4. The number of aryl methyl sites for hydroxylation is 1. The van der Waals surface area contributed by atoms with Crippen molar-refractivity contribution in [3.63, 3.8) is 0 Å². The molecule has 2 fully saturated rings. The first-order valence-corrected chi connectivity index (χ1v) is 9.91. The molecule has 0 spiro atoms. The molecule has 144 valence electrons. The van der Waals surface area contributed by atoms with Crippen LogP contribution in [0.15, 0.2) is 24.3 Å². The van der Waals surface area contributed by atoms with Crippen LogP contribution in [-0.4, -0.2) is 79.6 Å². The Morgan fingerprint density at radius 1 is 1.12 bits per heavy atom. The lowest BCUT2D eigenvalue weighted by Gasteiger charge is -2.41. The van der Waals surface area contributed by atoms with E-state index in [2.05, 4.69) is 23.8 Å². The minimum absolute atomic E-state index is 0.108. The first kappa shape index (κ1) is 19.2. The summed E-state index contributed by atoms with van der Waals surface area (Å²) in [4.78, 5) is 19.4. The van der Waals surface area contributed by atoms with Crippen molar-refractivity contribution in [3.8, 4) is 5.75 Å². The maximum absolute atomic E-state index is 12.4. The summed E-state index contributed by atoms with van der Waals surface area (Å²) in [5.74, 6) is 1.59. The van der Waals surface area contributed by atoms with Crippen molar-refractivity contribution in [1.82, 2.24) is 14.7 Å². The van der Waals surface area contributed by atoms with Gasteiger partial charge >= 0.3 is 0 Å². The van der Waals surface area contributed by atoms with Crippen molar-refractivity contribution >= 4 is 5.91 Å². The topological polar surface area (TPSA) is 36.0 Å². The van der Waals surface area contributed by atoms with E-state index in [4.69, 9.17) is 4.74 Å². The molecule has 0 aliphatic carbocycles. The van der Waals surface area contributed by atoms with E-state index in [0.29, 0.717) is 12.0 Å². The second-order valence-electron chi connectivity index (χ2n) is 8.03. The number of piperazine rings is 1. The number of carbonyl (C=O) groups excluding carboxylic acids is 1. The summed E-state index contributed by atoms with van der Waals surface area (Å²) < 4.78 is 5.64.